The van der Waals surface area contributed by atoms with Crippen LogP contribution in [0, 0.1) is 11.2 Å². The minimum Gasteiger partial charge on any atom is -0.344 e. The molecule has 0 amide bonds. The summed E-state index contributed by atoms with van der Waals surface area (Å²) in [6.45, 7) is 4.02. The van der Waals surface area contributed by atoms with Crippen LogP contribution in [-0.4, -0.2) is 15.3 Å². The van der Waals surface area contributed by atoms with Crippen molar-refractivity contribution >= 4 is 11.6 Å². The lowest BCUT2D eigenvalue weighted by molar-refractivity contribution is -0.118. The quantitative estimate of drug-likeness (QED) is 0.809. The largest absolute Gasteiger partial charge is 0.344 e. The molecule has 2 heterocycles. The van der Waals surface area contributed by atoms with Gasteiger partial charge in [0.1, 0.15) is 11.6 Å². The summed E-state index contributed by atoms with van der Waals surface area (Å²) >= 11 is 0. The van der Waals surface area contributed by atoms with Gasteiger partial charge >= 0.3 is 5.69 Å². The third-order valence-electron chi connectivity index (χ3n) is 5.33. The van der Waals surface area contributed by atoms with E-state index in [1.165, 1.54) is 16.7 Å². The number of H-pyrrole nitrogens is 1. The Morgan fingerprint density at radius 3 is 2.44 bits per heavy atom. The molecule has 0 spiro atoms. The molecule has 4 rings (SSSR count). The molecule has 6 nitrogen and oxygen atoms in total. The molecule has 1 aliphatic carbocycles. The Bertz CT molecular complexity index is 1110. The minimum atomic E-state index is -0.643. The van der Waals surface area contributed by atoms with Crippen LogP contribution in [0.25, 0.3) is 0 Å². The van der Waals surface area contributed by atoms with Crippen LogP contribution in [0.15, 0.2) is 45.1 Å². The molecule has 0 fully saturated rings. The normalized spacial score (nSPS) is 20.7. The van der Waals surface area contributed by atoms with Crippen molar-refractivity contribution in [1.29, 1.82) is 0 Å². The number of hydrogen-bond donors (Lipinski definition) is 2. The zero-order chi connectivity index (χ0) is 19.5. The summed E-state index contributed by atoms with van der Waals surface area (Å²) in [5, 5.41) is 3.17. The molecular weight excluding hydrogens is 349 g/mol. The van der Waals surface area contributed by atoms with E-state index >= 15 is 0 Å². The first-order chi connectivity index (χ1) is 12.7. The maximum absolute atomic E-state index is 13.5. The molecule has 0 radical (unpaired) electrons. The number of ketones is 1. The molecule has 2 N–H and O–H groups in total. The first-order valence-corrected chi connectivity index (χ1v) is 8.80. The number of anilines is 1. The van der Waals surface area contributed by atoms with Crippen molar-refractivity contribution in [1.82, 2.24) is 9.55 Å². The maximum atomic E-state index is 13.5. The Morgan fingerprint density at radius 2 is 1.78 bits per heavy atom. The number of allylic oxidation sites excluding steroid dienone is 2. The molecule has 2 aliphatic rings. The predicted molar refractivity (Wildman–Crippen MR) is 99.2 cm³/mol. The second-order valence-electron chi connectivity index (χ2n) is 8.02. The molecular formula is C20H20FN3O3. The standard InChI is InChI=1S/C20H20FN3O3/c1-20(2)8-12-15(13(25)9-20)14(10-4-6-11(21)7-5-10)16-17(22-12)24(3)19(27)23-18(16)26/h4-7,14,22H,8-9H2,1-3H3,(H,23,26,27)/t14-/m1/s1. The topological polar surface area (TPSA) is 84.0 Å². The van der Waals surface area contributed by atoms with E-state index in [-0.39, 0.29) is 11.2 Å². The number of carbonyl (C=O) groups excluding carboxylic acids is 1. The second kappa shape index (κ2) is 5.77. The first-order valence-electron chi connectivity index (χ1n) is 8.80. The Labute approximate surface area is 154 Å². The monoisotopic (exact) mass is 369 g/mol. The fourth-order valence-electron chi connectivity index (χ4n) is 4.11. The van der Waals surface area contributed by atoms with Crippen molar-refractivity contribution in [3.8, 4) is 0 Å². The highest BCUT2D eigenvalue weighted by Gasteiger charge is 2.42. The van der Waals surface area contributed by atoms with Crippen molar-refractivity contribution in [3.63, 3.8) is 0 Å². The van der Waals surface area contributed by atoms with Crippen LogP contribution in [-0.2, 0) is 11.8 Å². The highest BCUT2D eigenvalue weighted by Crippen LogP contribution is 2.47. The van der Waals surface area contributed by atoms with Crippen LogP contribution >= 0.6 is 0 Å². The van der Waals surface area contributed by atoms with E-state index in [0.29, 0.717) is 35.4 Å². The summed E-state index contributed by atoms with van der Waals surface area (Å²) in [6.07, 6.45) is 0.983. The van der Waals surface area contributed by atoms with E-state index in [0.717, 1.165) is 5.70 Å². The fraction of sp³-hybridized carbons (Fsp3) is 0.350. The molecule has 1 aliphatic heterocycles. The van der Waals surface area contributed by atoms with Gasteiger partial charge in [-0.05, 0) is 29.5 Å². The number of nitrogens with zero attached hydrogens (tertiary/aromatic N) is 1. The minimum absolute atomic E-state index is 0.0398. The summed E-state index contributed by atoms with van der Waals surface area (Å²) in [5.41, 5.74) is 0.887. The van der Waals surface area contributed by atoms with Gasteiger partial charge in [0.2, 0.25) is 0 Å². The van der Waals surface area contributed by atoms with Gasteiger partial charge in [0, 0.05) is 30.7 Å². The van der Waals surface area contributed by atoms with Crippen LogP contribution in [0.1, 0.15) is 43.7 Å². The van der Waals surface area contributed by atoms with Gasteiger partial charge in [0.05, 0.1) is 5.56 Å². The number of Topliss-reactive ketones (excluding diaryl/α,β-unsaturated/α-hetero) is 1. The van der Waals surface area contributed by atoms with Crippen LogP contribution < -0.4 is 16.6 Å². The van der Waals surface area contributed by atoms with E-state index in [1.54, 1.807) is 19.2 Å². The van der Waals surface area contributed by atoms with Gasteiger partial charge < -0.3 is 5.32 Å². The molecule has 0 saturated carbocycles. The van der Waals surface area contributed by atoms with Gasteiger partial charge in [0.25, 0.3) is 5.56 Å². The van der Waals surface area contributed by atoms with E-state index in [2.05, 4.69) is 10.3 Å². The summed E-state index contributed by atoms with van der Waals surface area (Å²) in [7, 11) is 1.56. The molecule has 0 saturated heterocycles. The summed E-state index contributed by atoms with van der Waals surface area (Å²) in [6, 6.07) is 5.78. The molecule has 2 aromatic rings. The number of nitrogens with one attached hydrogen (secondary N) is 2. The second-order valence-corrected chi connectivity index (χ2v) is 8.02. The van der Waals surface area contributed by atoms with Crippen molar-refractivity contribution in [2.24, 2.45) is 12.5 Å². The Kier molecular flexibility index (Phi) is 3.73. The number of halogens is 1. The van der Waals surface area contributed by atoms with E-state index in [9.17, 15) is 18.8 Å². The van der Waals surface area contributed by atoms with Gasteiger partial charge in [-0.15, -0.1) is 0 Å². The number of benzene rings is 1. The van der Waals surface area contributed by atoms with Gasteiger partial charge in [0.15, 0.2) is 5.78 Å². The molecule has 7 heteroatoms. The third kappa shape index (κ3) is 2.74. The van der Waals surface area contributed by atoms with Crippen molar-refractivity contribution in [2.45, 2.75) is 32.6 Å². The fourth-order valence-corrected chi connectivity index (χ4v) is 4.11. The van der Waals surface area contributed by atoms with Crippen molar-refractivity contribution in [2.75, 3.05) is 5.32 Å². The Balaban J connectivity index is 2.04. The Morgan fingerprint density at radius 1 is 1.11 bits per heavy atom. The zero-order valence-electron chi connectivity index (χ0n) is 15.4. The molecule has 140 valence electrons. The number of carbonyl (C=O) groups is 1. The molecule has 1 aromatic carbocycles. The molecule has 1 atom stereocenters. The number of hydrogen-bond acceptors (Lipinski definition) is 4. The van der Waals surface area contributed by atoms with E-state index < -0.39 is 23.0 Å². The molecule has 1 aromatic heterocycles. The molecule has 0 unspecified atom stereocenters. The van der Waals surface area contributed by atoms with Crippen LogP contribution in [0.4, 0.5) is 10.2 Å². The molecule has 27 heavy (non-hydrogen) atoms. The van der Waals surface area contributed by atoms with Crippen LogP contribution in [0.2, 0.25) is 0 Å². The number of rotatable bonds is 1. The van der Waals surface area contributed by atoms with Gasteiger partial charge in [-0.1, -0.05) is 26.0 Å². The van der Waals surface area contributed by atoms with Gasteiger partial charge in [-0.25, -0.2) is 9.18 Å². The summed E-state index contributed by atoms with van der Waals surface area (Å²) in [5.74, 6) is -0.701. The summed E-state index contributed by atoms with van der Waals surface area (Å²) < 4.78 is 14.8. The van der Waals surface area contributed by atoms with Crippen molar-refractivity contribution in [3.05, 3.63) is 73.3 Å². The Hall–Kier alpha value is -2.96. The van der Waals surface area contributed by atoms with Gasteiger partial charge in [-0.3, -0.25) is 19.1 Å². The smallest absolute Gasteiger partial charge is 0.329 e. The van der Waals surface area contributed by atoms with Crippen molar-refractivity contribution < 1.29 is 9.18 Å². The van der Waals surface area contributed by atoms with E-state index in [4.69, 9.17) is 0 Å². The lowest BCUT2D eigenvalue weighted by atomic mass is 9.69. The average Bonchev–Trinajstić information content (AvgIpc) is 2.57. The lowest BCUT2D eigenvalue weighted by Gasteiger charge is -2.39. The number of fused-ring (bicyclic) bond motifs is 1. The number of aromatic nitrogens is 2. The van der Waals surface area contributed by atoms with Gasteiger partial charge in [-0.2, -0.15) is 0 Å². The van der Waals surface area contributed by atoms with Crippen LogP contribution in [0.5, 0.6) is 0 Å². The third-order valence-corrected chi connectivity index (χ3v) is 5.33. The highest BCUT2D eigenvalue weighted by molar-refractivity contribution is 6.01. The summed E-state index contributed by atoms with van der Waals surface area (Å²) in [4.78, 5) is 40.1. The van der Waals surface area contributed by atoms with Crippen LogP contribution in [0.3, 0.4) is 0 Å². The highest BCUT2D eigenvalue weighted by atomic mass is 19.1. The average molecular weight is 369 g/mol. The number of aromatic amines is 1. The first kappa shape index (κ1) is 17.5. The lowest BCUT2D eigenvalue weighted by Crippen LogP contribution is -2.41. The SMILES string of the molecule is Cn1c2c(c(=O)[nH]c1=O)[C@H](c1ccc(F)cc1)C1=C(CC(C)(C)CC1=O)N2. The maximum Gasteiger partial charge on any atom is 0.329 e. The van der Waals surface area contributed by atoms with E-state index in [1.807, 2.05) is 13.8 Å². The molecule has 0 bridgehead atoms. The zero-order valence-corrected chi connectivity index (χ0v) is 15.4. The predicted octanol–water partition coefficient (Wildman–Crippen LogP) is 2.41.